The van der Waals surface area contributed by atoms with Gasteiger partial charge in [0, 0.05) is 17.2 Å². The van der Waals surface area contributed by atoms with Gasteiger partial charge in [-0.1, -0.05) is 18.2 Å². The van der Waals surface area contributed by atoms with Crippen LogP contribution in [0.15, 0.2) is 40.3 Å². The first-order chi connectivity index (χ1) is 6.84. The lowest BCUT2D eigenvalue weighted by molar-refractivity contribution is -0.113. The van der Waals surface area contributed by atoms with Crippen LogP contribution in [0.3, 0.4) is 0 Å². The molecule has 0 atom stereocenters. The average Bonchev–Trinajstić information content (AvgIpc) is 2.56. The number of hydrogen-bond donors (Lipinski definition) is 0. The molecule has 2 heterocycles. The maximum atomic E-state index is 11.1. The number of carbonyl (C=O) groups excluding carboxylic acids is 1. The first kappa shape index (κ1) is 7.38. The highest BCUT2D eigenvalue weighted by molar-refractivity contribution is 6.56. The predicted octanol–water partition coefficient (Wildman–Crippen LogP) is 1.77. The number of dihydropyridines is 1. The van der Waals surface area contributed by atoms with E-state index in [1.165, 1.54) is 12.3 Å². The molecule has 0 fully saturated rings. The van der Waals surface area contributed by atoms with Crippen molar-refractivity contribution in [2.75, 3.05) is 0 Å². The van der Waals surface area contributed by atoms with E-state index in [2.05, 4.69) is 9.98 Å². The molecule has 0 aromatic heterocycles. The van der Waals surface area contributed by atoms with Gasteiger partial charge < -0.3 is 0 Å². The van der Waals surface area contributed by atoms with Crippen LogP contribution in [0, 0.1) is 0 Å². The Morgan fingerprint density at radius 1 is 1.14 bits per heavy atom. The van der Waals surface area contributed by atoms with Crippen LogP contribution in [0.25, 0.3) is 5.57 Å². The number of allylic oxidation sites excluding steroid dienone is 1. The number of hydrogen-bond acceptors (Lipinski definition) is 2. The van der Waals surface area contributed by atoms with E-state index in [1.807, 2.05) is 24.3 Å². The summed E-state index contributed by atoms with van der Waals surface area (Å²) in [5.41, 5.74) is 3.60. The second-order valence-electron chi connectivity index (χ2n) is 3.17. The number of rotatable bonds is 0. The van der Waals surface area contributed by atoms with E-state index in [0.29, 0.717) is 0 Å². The monoisotopic (exact) mass is 182 g/mol. The number of nitrogens with zero attached hydrogens (tertiary/aromatic N) is 2. The third kappa shape index (κ3) is 0.893. The van der Waals surface area contributed by atoms with Crippen LogP contribution in [0.1, 0.15) is 5.56 Å². The maximum absolute atomic E-state index is 11.1. The molecule has 3 nitrogen and oxygen atoms in total. The summed E-state index contributed by atoms with van der Waals surface area (Å²) in [6, 6.07) is 7.76. The first-order valence-corrected chi connectivity index (χ1v) is 4.33. The summed E-state index contributed by atoms with van der Waals surface area (Å²) in [4.78, 5) is 19.1. The molecular formula is C11H6N2O. The third-order valence-corrected chi connectivity index (χ3v) is 2.29. The Labute approximate surface area is 80.5 Å². The van der Waals surface area contributed by atoms with Crippen molar-refractivity contribution < 1.29 is 4.79 Å². The van der Waals surface area contributed by atoms with Gasteiger partial charge >= 0.3 is 0 Å². The Morgan fingerprint density at radius 3 is 2.93 bits per heavy atom. The van der Waals surface area contributed by atoms with E-state index in [0.717, 1.165) is 22.5 Å². The van der Waals surface area contributed by atoms with Crippen molar-refractivity contribution in [2.24, 2.45) is 9.98 Å². The minimum Gasteiger partial charge on any atom is -0.267 e. The molecule has 2 aliphatic rings. The van der Waals surface area contributed by atoms with Gasteiger partial charge in [-0.25, -0.2) is 9.98 Å². The molecule has 1 aromatic rings. The van der Waals surface area contributed by atoms with Crippen LogP contribution in [0.5, 0.6) is 0 Å². The van der Waals surface area contributed by atoms with E-state index < -0.39 is 0 Å². The van der Waals surface area contributed by atoms with Gasteiger partial charge in [-0.05, 0) is 6.07 Å². The van der Waals surface area contributed by atoms with Gasteiger partial charge in [0.05, 0.1) is 17.6 Å². The fourth-order valence-corrected chi connectivity index (χ4v) is 1.66. The summed E-state index contributed by atoms with van der Waals surface area (Å²) in [6.45, 7) is 0. The second kappa shape index (κ2) is 2.48. The Morgan fingerprint density at radius 2 is 2.00 bits per heavy atom. The molecule has 0 N–H and O–H groups in total. The van der Waals surface area contributed by atoms with Crippen LogP contribution in [-0.4, -0.2) is 17.8 Å². The summed E-state index contributed by atoms with van der Waals surface area (Å²) in [5, 5.41) is 0. The van der Waals surface area contributed by atoms with Crippen LogP contribution >= 0.6 is 0 Å². The predicted molar refractivity (Wildman–Crippen MR) is 55.0 cm³/mol. The molecular weight excluding hydrogens is 176 g/mol. The second-order valence-corrected chi connectivity index (χ2v) is 3.17. The molecule has 0 unspecified atom stereocenters. The summed E-state index contributed by atoms with van der Waals surface area (Å²) in [5.74, 6) is -0.212. The van der Waals surface area contributed by atoms with Gasteiger partial charge in [-0.15, -0.1) is 0 Å². The molecule has 1 amide bonds. The molecule has 3 heteroatoms. The van der Waals surface area contributed by atoms with Gasteiger partial charge in [-0.2, -0.15) is 0 Å². The van der Waals surface area contributed by atoms with E-state index in [1.54, 1.807) is 0 Å². The van der Waals surface area contributed by atoms with Crippen molar-refractivity contribution in [3.05, 3.63) is 35.9 Å². The third-order valence-electron chi connectivity index (χ3n) is 2.29. The average molecular weight is 182 g/mol. The van der Waals surface area contributed by atoms with Gasteiger partial charge in [-0.3, -0.25) is 4.79 Å². The SMILES string of the molecule is O=C1C=C2C(=Nc3ccccc32)C=N1. The van der Waals surface area contributed by atoms with Gasteiger partial charge in [0.25, 0.3) is 5.91 Å². The molecule has 0 bridgehead atoms. The van der Waals surface area contributed by atoms with E-state index in [-0.39, 0.29) is 5.91 Å². The van der Waals surface area contributed by atoms with Crippen molar-refractivity contribution >= 4 is 29.1 Å². The number of amides is 1. The number of para-hydroxylation sites is 1. The fourth-order valence-electron chi connectivity index (χ4n) is 1.66. The minimum atomic E-state index is -0.212. The standard InChI is InChI=1S/C11H6N2O/c14-11-5-8-7-3-1-2-4-9(7)13-10(8)6-12-11/h1-6H. The highest BCUT2D eigenvalue weighted by Crippen LogP contribution is 2.34. The van der Waals surface area contributed by atoms with E-state index >= 15 is 0 Å². The van der Waals surface area contributed by atoms with Gasteiger partial charge in [0.2, 0.25) is 0 Å². The zero-order valence-corrected chi connectivity index (χ0v) is 7.27. The first-order valence-electron chi connectivity index (χ1n) is 4.33. The minimum absolute atomic E-state index is 0.212. The van der Waals surface area contributed by atoms with Gasteiger partial charge in [0.1, 0.15) is 0 Å². The Kier molecular flexibility index (Phi) is 1.31. The summed E-state index contributed by atoms with van der Waals surface area (Å²) < 4.78 is 0. The Balaban J connectivity index is 2.27. The molecule has 0 radical (unpaired) electrons. The van der Waals surface area contributed by atoms with E-state index in [4.69, 9.17) is 0 Å². The topological polar surface area (TPSA) is 41.8 Å². The van der Waals surface area contributed by atoms with Crippen molar-refractivity contribution in [2.45, 2.75) is 0 Å². The van der Waals surface area contributed by atoms with Gasteiger partial charge in [0.15, 0.2) is 0 Å². The zero-order chi connectivity index (χ0) is 9.54. The van der Waals surface area contributed by atoms with Crippen LogP contribution in [-0.2, 0) is 4.79 Å². The molecule has 2 aliphatic heterocycles. The molecule has 0 aliphatic carbocycles. The lowest BCUT2D eigenvalue weighted by Gasteiger charge is -2.02. The van der Waals surface area contributed by atoms with Crippen molar-refractivity contribution in [1.82, 2.24) is 0 Å². The van der Waals surface area contributed by atoms with Crippen LogP contribution < -0.4 is 0 Å². The molecule has 0 spiro atoms. The summed E-state index contributed by atoms with van der Waals surface area (Å²) in [7, 11) is 0. The largest absolute Gasteiger partial charge is 0.270 e. The molecule has 0 saturated carbocycles. The number of fused-ring (bicyclic) bond motifs is 3. The Bertz CT molecular complexity index is 524. The summed E-state index contributed by atoms with van der Waals surface area (Å²) in [6.07, 6.45) is 3.06. The maximum Gasteiger partial charge on any atom is 0.270 e. The molecule has 14 heavy (non-hydrogen) atoms. The lowest BCUT2D eigenvalue weighted by atomic mass is 10.0. The zero-order valence-electron chi connectivity index (χ0n) is 7.27. The van der Waals surface area contributed by atoms with Crippen LogP contribution in [0.2, 0.25) is 0 Å². The smallest absolute Gasteiger partial charge is 0.267 e. The van der Waals surface area contributed by atoms with Crippen molar-refractivity contribution in [3.63, 3.8) is 0 Å². The van der Waals surface area contributed by atoms with Crippen molar-refractivity contribution in [3.8, 4) is 0 Å². The van der Waals surface area contributed by atoms with E-state index in [9.17, 15) is 4.79 Å². The summed E-state index contributed by atoms with van der Waals surface area (Å²) >= 11 is 0. The quantitative estimate of drug-likeness (QED) is 0.602. The molecule has 1 aromatic carbocycles. The highest BCUT2D eigenvalue weighted by atomic mass is 16.1. The molecule has 3 rings (SSSR count). The van der Waals surface area contributed by atoms with Crippen molar-refractivity contribution in [1.29, 1.82) is 0 Å². The molecule has 66 valence electrons. The number of carbonyl (C=O) groups is 1. The number of aliphatic imine (C=N–C) groups is 2. The normalized spacial score (nSPS) is 17.3. The highest BCUT2D eigenvalue weighted by Gasteiger charge is 2.22. The lowest BCUT2D eigenvalue weighted by Crippen LogP contribution is -2.07. The molecule has 0 saturated heterocycles. The Hall–Kier alpha value is -2.03. The van der Waals surface area contributed by atoms with Crippen LogP contribution in [0.4, 0.5) is 5.69 Å². The fraction of sp³-hybridized carbons (Fsp3) is 0. The number of benzene rings is 1.